The van der Waals surface area contributed by atoms with E-state index in [1.807, 2.05) is 60.0 Å². The Bertz CT molecular complexity index is 1190. The third-order valence-electron chi connectivity index (χ3n) is 6.00. The molecule has 5 rings (SSSR count). The number of aromatic nitrogens is 6. The second-order valence-corrected chi connectivity index (χ2v) is 8.18. The minimum atomic E-state index is 0.0389. The minimum absolute atomic E-state index is 0.0389. The van der Waals surface area contributed by atoms with Crippen molar-refractivity contribution in [3.8, 4) is 11.4 Å². The topological polar surface area (TPSA) is 90.0 Å². The van der Waals surface area contributed by atoms with Gasteiger partial charge in [-0.25, -0.2) is 4.98 Å². The summed E-state index contributed by atoms with van der Waals surface area (Å²) in [6, 6.07) is 14.3. The fraction of sp³-hybridized carbons (Fsp3) is 0.348. The maximum absolute atomic E-state index is 12.6. The van der Waals surface area contributed by atoms with Crippen LogP contribution in [-0.2, 0) is 11.2 Å². The molecule has 0 unspecified atom stereocenters. The Labute approximate surface area is 180 Å². The molecule has 0 radical (unpaired) electrons. The summed E-state index contributed by atoms with van der Waals surface area (Å²) in [5, 5.41) is 16.2. The van der Waals surface area contributed by atoms with Crippen LogP contribution in [0, 0.1) is 6.92 Å². The molecule has 3 aromatic heterocycles. The van der Waals surface area contributed by atoms with E-state index in [1.165, 1.54) is 0 Å². The molecule has 1 aliphatic rings. The highest BCUT2D eigenvalue weighted by Gasteiger charge is 2.25. The summed E-state index contributed by atoms with van der Waals surface area (Å²) in [5.74, 6) is 0.691. The van der Waals surface area contributed by atoms with E-state index in [9.17, 15) is 4.79 Å². The number of tetrazole rings is 1. The van der Waals surface area contributed by atoms with Crippen LogP contribution in [0.4, 0.5) is 0 Å². The summed E-state index contributed by atoms with van der Waals surface area (Å²) >= 11 is 0. The summed E-state index contributed by atoms with van der Waals surface area (Å²) in [6.07, 6.45) is 7.73. The first-order valence-corrected chi connectivity index (χ1v) is 10.7. The summed E-state index contributed by atoms with van der Waals surface area (Å²) in [5.41, 5.74) is 3.88. The molecule has 0 spiro atoms. The Morgan fingerprint density at radius 1 is 1.10 bits per heavy atom. The third kappa shape index (κ3) is 4.05. The van der Waals surface area contributed by atoms with Gasteiger partial charge in [-0.05, 0) is 49.5 Å². The van der Waals surface area contributed by atoms with Crippen LogP contribution in [0.3, 0.4) is 0 Å². The van der Waals surface area contributed by atoms with Gasteiger partial charge in [0.25, 0.3) is 0 Å². The van der Waals surface area contributed by atoms with Crippen LogP contribution in [0.15, 0.2) is 54.9 Å². The lowest BCUT2D eigenvalue weighted by molar-refractivity contribution is -0.121. The van der Waals surface area contributed by atoms with Gasteiger partial charge in [0.2, 0.25) is 11.7 Å². The normalized spacial score (nSPS) is 18.9. The predicted molar refractivity (Wildman–Crippen MR) is 116 cm³/mol. The molecule has 1 saturated carbocycles. The van der Waals surface area contributed by atoms with Crippen molar-refractivity contribution in [3.05, 3.63) is 66.1 Å². The van der Waals surface area contributed by atoms with Gasteiger partial charge in [-0.1, -0.05) is 36.4 Å². The molecule has 0 aliphatic heterocycles. The molecule has 1 N–H and O–H groups in total. The first-order valence-electron chi connectivity index (χ1n) is 10.7. The number of aryl methyl sites for hydroxylation is 1. The van der Waals surface area contributed by atoms with Crippen LogP contribution in [0.25, 0.3) is 17.0 Å². The van der Waals surface area contributed by atoms with E-state index in [2.05, 4.69) is 25.7 Å². The van der Waals surface area contributed by atoms with Crippen LogP contribution < -0.4 is 5.32 Å². The van der Waals surface area contributed by atoms with Crippen molar-refractivity contribution in [2.75, 3.05) is 0 Å². The molecular weight excluding hydrogens is 390 g/mol. The number of nitrogens with one attached hydrogen (secondary N) is 1. The van der Waals surface area contributed by atoms with Gasteiger partial charge in [0.1, 0.15) is 5.65 Å². The Hall–Kier alpha value is -3.55. The van der Waals surface area contributed by atoms with Gasteiger partial charge >= 0.3 is 0 Å². The van der Waals surface area contributed by atoms with Gasteiger partial charge in [-0.3, -0.25) is 4.79 Å². The lowest BCUT2D eigenvalue weighted by Crippen LogP contribution is -2.39. The molecule has 158 valence electrons. The van der Waals surface area contributed by atoms with E-state index in [0.717, 1.165) is 48.2 Å². The number of benzene rings is 1. The molecule has 4 aromatic rings. The summed E-state index contributed by atoms with van der Waals surface area (Å²) in [6.45, 7) is 2.03. The molecule has 3 heterocycles. The van der Waals surface area contributed by atoms with E-state index in [1.54, 1.807) is 11.0 Å². The summed E-state index contributed by atoms with van der Waals surface area (Å²) < 4.78 is 1.99. The highest BCUT2D eigenvalue weighted by Crippen LogP contribution is 2.28. The van der Waals surface area contributed by atoms with Crippen molar-refractivity contribution in [2.24, 2.45) is 0 Å². The zero-order chi connectivity index (χ0) is 21.2. The smallest absolute Gasteiger partial charge is 0.226 e. The fourth-order valence-electron chi connectivity index (χ4n) is 4.31. The zero-order valence-corrected chi connectivity index (χ0v) is 17.5. The number of rotatable bonds is 5. The Kier molecular flexibility index (Phi) is 5.19. The second-order valence-electron chi connectivity index (χ2n) is 8.18. The molecule has 0 bridgehead atoms. The molecule has 31 heavy (non-hydrogen) atoms. The Balaban J connectivity index is 1.16. The molecule has 1 fully saturated rings. The molecule has 8 nitrogen and oxygen atoms in total. The van der Waals surface area contributed by atoms with Crippen molar-refractivity contribution in [3.63, 3.8) is 0 Å². The van der Waals surface area contributed by atoms with Crippen LogP contribution in [0.1, 0.15) is 43.0 Å². The van der Waals surface area contributed by atoms with E-state index in [0.29, 0.717) is 12.2 Å². The number of nitrogens with zero attached hydrogens (tertiary/aromatic N) is 6. The molecular formula is C23H25N7O. The first-order chi connectivity index (χ1) is 15.2. The number of hydrogen-bond acceptors (Lipinski definition) is 5. The number of hydrogen-bond donors (Lipinski definition) is 1. The molecule has 0 atom stereocenters. The van der Waals surface area contributed by atoms with E-state index in [4.69, 9.17) is 0 Å². The SMILES string of the molecule is Cc1cccn2c(CC(=O)NC3CCC(n4nnc(-c5ccccc5)n4)CC3)cnc12. The van der Waals surface area contributed by atoms with Gasteiger partial charge < -0.3 is 9.72 Å². The monoisotopic (exact) mass is 415 g/mol. The third-order valence-corrected chi connectivity index (χ3v) is 6.00. The molecule has 1 aliphatic carbocycles. The van der Waals surface area contributed by atoms with Crippen LogP contribution in [-0.4, -0.2) is 41.5 Å². The number of imidazole rings is 1. The summed E-state index contributed by atoms with van der Waals surface area (Å²) in [7, 11) is 0. The minimum Gasteiger partial charge on any atom is -0.353 e. The van der Waals surface area contributed by atoms with Crippen LogP contribution in [0.2, 0.25) is 0 Å². The Morgan fingerprint density at radius 2 is 1.90 bits per heavy atom. The highest BCUT2D eigenvalue weighted by atomic mass is 16.1. The predicted octanol–water partition coefficient (Wildman–Crippen LogP) is 3.14. The lowest BCUT2D eigenvalue weighted by atomic mass is 9.91. The molecule has 1 aromatic carbocycles. The maximum Gasteiger partial charge on any atom is 0.226 e. The van der Waals surface area contributed by atoms with Crippen molar-refractivity contribution >= 4 is 11.6 Å². The quantitative estimate of drug-likeness (QED) is 0.541. The van der Waals surface area contributed by atoms with Crippen molar-refractivity contribution in [2.45, 2.75) is 51.1 Å². The van der Waals surface area contributed by atoms with Gasteiger partial charge in [-0.2, -0.15) is 4.80 Å². The van der Waals surface area contributed by atoms with Gasteiger partial charge in [0.15, 0.2) is 0 Å². The number of carbonyl (C=O) groups excluding carboxylic acids is 1. The van der Waals surface area contributed by atoms with Crippen molar-refractivity contribution < 1.29 is 4.79 Å². The Morgan fingerprint density at radius 3 is 2.71 bits per heavy atom. The highest BCUT2D eigenvalue weighted by molar-refractivity contribution is 5.78. The number of pyridine rings is 1. The van der Waals surface area contributed by atoms with Crippen LogP contribution in [0.5, 0.6) is 0 Å². The van der Waals surface area contributed by atoms with Crippen molar-refractivity contribution in [1.82, 2.24) is 34.9 Å². The maximum atomic E-state index is 12.6. The van der Waals surface area contributed by atoms with Gasteiger partial charge in [-0.15, -0.1) is 10.2 Å². The second kappa shape index (κ2) is 8.29. The molecule has 0 saturated heterocycles. The van der Waals surface area contributed by atoms with Gasteiger partial charge in [0.05, 0.1) is 18.2 Å². The van der Waals surface area contributed by atoms with Gasteiger partial charge in [0, 0.05) is 24.0 Å². The average Bonchev–Trinajstić information content (AvgIpc) is 3.44. The number of carbonyl (C=O) groups is 1. The van der Waals surface area contributed by atoms with Crippen LogP contribution >= 0.6 is 0 Å². The molecule has 1 amide bonds. The summed E-state index contributed by atoms with van der Waals surface area (Å²) in [4.78, 5) is 18.8. The lowest BCUT2D eigenvalue weighted by Gasteiger charge is -2.28. The fourth-order valence-corrected chi connectivity index (χ4v) is 4.31. The number of amides is 1. The van der Waals surface area contributed by atoms with E-state index < -0.39 is 0 Å². The largest absolute Gasteiger partial charge is 0.353 e. The van der Waals surface area contributed by atoms with Crippen molar-refractivity contribution in [1.29, 1.82) is 0 Å². The molecule has 8 heteroatoms. The zero-order valence-electron chi connectivity index (χ0n) is 17.5. The number of fused-ring (bicyclic) bond motifs is 1. The average molecular weight is 416 g/mol. The van der Waals surface area contributed by atoms with E-state index >= 15 is 0 Å². The first kappa shape index (κ1) is 19.4. The van der Waals surface area contributed by atoms with E-state index in [-0.39, 0.29) is 18.0 Å². The standard InChI is InChI=1S/C23H25N7O/c1-16-6-5-13-29-20(15-24-23(16)29)14-21(31)25-18-9-11-19(12-10-18)30-27-22(26-28-30)17-7-3-2-4-8-17/h2-8,13,15,18-19H,9-12,14H2,1H3,(H,25,31).